The van der Waals surface area contributed by atoms with Crippen molar-refractivity contribution >= 4 is 25.4 Å². The van der Waals surface area contributed by atoms with Crippen LogP contribution in [0.1, 0.15) is 18.9 Å². The normalized spacial score (nSPS) is 12.5. The highest BCUT2D eigenvalue weighted by atomic mass is 32.2. The maximum absolute atomic E-state index is 12.1. The van der Waals surface area contributed by atoms with E-state index < -0.39 is 19.7 Å². The van der Waals surface area contributed by atoms with E-state index >= 15 is 0 Å². The number of anilines is 1. The number of aryl methyl sites for hydroxylation is 1. The lowest BCUT2D eigenvalue weighted by Crippen LogP contribution is -2.15. The number of sulfone groups is 2. The van der Waals surface area contributed by atoms with Gasteiger partial charge in [-0.1, -0.05) is 13.0 Å². The maximum atomic E-state index is 12.1. The predicted octanol–water partition coefficient (Wildman–Crippen LogP) is 1.18. The van der Waals surface area contributed by atoms with Gasteiger partial charge in [-0.25, -0.2) is 16.8 Å². The summed E-state index contributed by atoms with van der Waals surface area (Å²) in [6.45, 7) is 3.32. The van der Waals surface area contributed by atoms with Crippen LogP contribution >= 0.6 is 0 Å². The van der Waals surface area contributed by atoms with E-state index in [4.69, 9.17) is 5.73 Å². The first kappa shape index (κ1) is 16.0. The molecule has 0 saturated carbocycles. The van der Waals surface area contributed by atoms with Crippen molar-refractivity contribution in [1.82, 2.24) is 0 Å². The molecule has 0 amide bonds. The van der Waals surface area contributed by atoms with E-state index in [0.29, 0.717) is 0 Å². The zero-order valence-corrected chi connectivity index (χ0v) is 12.7. The predicted molar refractivity (Wildman–Crippen MR) is 76.6 cm³/mol. The lowest BCUT2D eigenvalue weighted by molar-refractivity contribution is 0.590. The van der Waals surface area contributed by atoms with Gasteiger partial charge >= 0.3 is 0 Å². The molecule has 19 heavy (non-hydrogen) atoms. The highest BCUT2D eigenvalue weighted by Gasteiger charge is 2.19. The fraction of sp³-hybridized carbons (Fsp3) is 0.500. The van der Waals surface area contributed by atoms with Crippen LogP contribution in [-0.2, 0) is 19.7 Å². The van der Waals surface area contributed by atoms with Crippen molar-refractivity contribution < 1.29 is 16.8 Å². The molecule has 0 aliphatic carbocycles. The topological polar surface area (TPSA) is 94.3 Å². The summed E-state index contributed by atoms with van der Waals surface area (Å²) < 4.78 is 46.9. The smallest absolute Gasteiger partial charge is 0.180 e. The van der Waals surface area contributed by atoms with Gasteiger partial charge in [0.15, 0.2) is 9.84 Å². The summed E-state index contributed by atoms with van der Waals surface area (Å²) in [4.78, 5) is 0.0846. The van der Waals surface area contributed by atoms with E-state index in [0.717, 1.165) is 5.56 Å². The van der Waals surface area contributed by atoms with Crippen LogP contribution in [0.25, 0.3) is 0 Å². The minimum absolute atomic E-state index is 0.0274. The van der Waals surface area contributed by atoms with Crippen LogP contribution in [0.5, 0.6) is 0 Å². The molecule has 1 rings (SSSR count). The Bertz CT molecular complexity index is 648. The number of hydrogen-bond donors (Lipinski definition) is 1. The maximum Gasteiger partial charge on any atom is 0.180 e. The minimum atomic E-state index is -3.53. The molecule has 0 heterocycles. The van der Waals surface area contributed by atoms with E-state index in [9.17, 15) is 16.8 Å². The summed E-state index contributed by atoms with van der Waals surface area (Å²) >= 11 is 0. The molecule has 108 valence electrons. The van der Waals surface area contributed by atoms with Crippen LogP contribution in [0.15, 0.2) is 23.1 Å². The molecule has 0 spiro atoms. The van der Waals surface area contributed by atoms with Crippen molar-refractivity contribution in [2.75, 3.05) is 23.0 Å². The molecule has 1 aromatic rings. The van der Waals surface area contributed by atoms with Crippen molar-refractivity contribution in [3.05, 3.63) is 23.8 Å². The van der Waals surface area contributed by atoms with Gasteiger partial charge in [0.2, 0.25) is 0 Å². The van der Waals surface area contributed by atoms with Crippen LogP contribution in [0, 0.1) is 6.92 Å². The summed E-state index contributed by atoms with van der Waals surface area (Å²) in [6, 6.07) is 4.79. The van der Waals surface area contributed by atoms with Gasteiger partial charge in [-0.2, -0.15) is 0 Å². The monoisotopic (exact) mass is 305 g/mol. The first-order valence-electron chi connectivity index (χ1n) is 5.97. The first-order chi connectivity index (χ1) is 8.68. The van der Waals surface area contributed by atoms with E-state index in [-0.39, 0.29) is 34.3 Å². The van der Waals surface area contributed by atoms with Gasteiger partial charge in [0.25, 0.3) is 0 Å². The van der Waals surface area contributed by atoms with Crippen LogP contribution < -0.4 is 5.73 Å². The molecule has 0 radical (unpaired) electrons. The fourth-order valence-corrected chi connectivity index (χ4v) is 4.23. The van der Waals surface area contributed by atoms with Gasteiger partial charge in [-0.05, 0) is 31.0 Å². The summed E-state index contributed by atoms with van der Waals surface area (Å²) in [5, 5.41) is 0. The zero-order chi connectivity index (χ0) is 14.7. The van der Waals surface area contributed by atoms with Crippen molar-refractivity contribution in [1.29, 1.82) is 0 Å². The Labute approximate surface area is 114 Å². The molecular weight excluding hydrogens is 286 g/mol. The number of nitrogen functional groups attached to an aromatic ring is 1. The minimum Gasteiger partial charge on any atom is -0.398 e. The van der Waals surface area contributed by atoms with E-state index in [1.807, 2.05) is 0 Å². The molecule has 0 aromatic heterocycles. The third-order valence-electron chi connectivity index (χ3n) is 2.81. The zero-order valence-electron chi connectivity index (χ0n) is 11.1. The van der Waals surface area contributed by atoms with Crippen LogP contribution in [0.4, 0.5) is 5.69 Å². The number of hydrogen-bond acceptors (Lipinski definition) is 5. The van der Waals surface area contributed by atoms with Crippen molar-refractivity contribution in [2.24, 2.45) is 0 Å². The van der Waals surface area contributed by atoms with E-state index in [1.54, 1.807) is 26.0 Å². The molecule has 0 aliphatic rings. The Hall–Kier alpha value is -1.08. The SMILES string of the molecule is CCS(=O)(=O)CCCS(=O)(=O)c1cc(C)ccc1N. The third kappa shape index (κ3) is 4.50. The van der Waals surface area contributed by atoms with Crippen molar-refractivity contribution in [2.45, 2.75) is 25.2 Å². The van der Waals surface area contributed by atoms with Gasteiger partial charge in [-0.3, -0.25) is 0 Å². The van der Waals surface area contributed by atoms with E-state index in [1.165, 1.54) is 6.07 Å². The van der Waals surface area contributed by atoms with Crippen LogP contribution in [-0.4, -0.2) is 34.1 Å². The van der Waals surface area contributed by atoms with Gasteiger partial charge in [0.05, 0.1) is 22.1 Å². The first-order valence-corrected chi connectivity index (χ1v) is 9.44. The Balaban J connectivity index is 2.85. The summed E-state index contributed by atoms with van der Waals surface area (Å²) in [5.74, 6) is -0.298. The molecule has 5 nitrogen and oxygen atoms in total. The largest absolute Gasteiger partial charge is 0.398 e. The molecule has 0 aliphatic heterocycles. The quantitative estimate of drug-likeness (QED) is 0.796. The fourth-order valence-electron chi connectivity index (χ4n) is 1.63. The molecule has 0 unspecified atom stereocenters. The Kier molecular flexibility index (Phi) is 4.98. The highest BCUT2D eigenvalue weighted by Crippen LogP contribution is 2.21. The molecule has 1 aromatic carbocycles. The molecule has 0 saturated heterocycles. The summed E-state index contributed by atoms with van der Waals surface area (Å²) in [5.41, 5.74) is 6.66. The van der Waals surface area contributed by atoms with Crippen LogP contribution in [0.3, 0.4) is 0 Å². The molecular formula is C12H19NO4S2. The number of rotatable bonds is 6. The molecule has 0 atom stereocenters. The number of nitrogens with two attached hydrogens (primary N) is 1. The van der Waals surface area contributed by atoms with Gasteiger partial charge in [-0.15, -0.1) is 0 Å². The lowest BCUT2D eigenvalue weighted by Gasteiger charge is -2.08. The standard InChI is InChI=1S/C12H19NO4S2/c1-3-18(14,15)7-4-8-19(16,17)12-9-10(2)5-6-11(12)13/h5-6,9H,3-4,7-8,13H2,1-2H3. The average molecular weight is 305 g/mol. The van der Waals surface area contributed by atoms with Gasteiger partial charge < -0.3 is 5.73 Å². The second-order valence-corrected chi connectivity index (χ2v) is 9.00. The molecule has 7 heteroatoms. The highest BCUT2D eigenvalue weighted by molar-refractivity contribution is 7.92. The Morgan fingerprint density at radius 1 is 1.11 bits per heavy atom. The molecule has 0 fully saturated rings. The summed E-state index contributed by atoms with van der Waals surface area (Å²) in [6.07, 6.45) is 0.0892. The van der Waals surface area contributed by atoms with Crippen molar-refractivity contribution in [3.63, 3.8) is 0 Å². The molecule has 0 bridgehead atoms. The third-order valence-corrected chi connectivity index (χ3v) is 6.45. The van der Waals surface area contributed by atoms with E-state index in [2.05, 4.69) is 0 Å². The van der Waals surface area contributed by atoms with Crippen molar-refractivity contribution in [3.8, 4) is 0 Å². The average Bonchev–Trinajstić information content (AvgIpc) is 2.31. The Morgan fingerprint density at radius 2 is 1.74 bits per heavy atom. The lowest BCUT2D eigenvalue weighted by atomic mass is 10.2. The summed E-state index contributed by atoms with van der Waals surface area (Å²) in [7, 11) is -6.67. The Morgan fingerprint density at radius 3 is 2.32 bits per heavy atom. The number of benzene rings is 1. The van der Waals surface area contributed by atoms with Crippen LogP contribution in [0.2, 0.25) is 0 Å². The van der Waals surface area contributed by atoms with Gasteiger partial charge in [0, 0.05) is 5.75 Å². The second-order valence-electron chi connectivity index (χ2n) is 4.45. The second kappa shape index (κ2) is 5.92. The molecule has 2 N–H and O–H groups in total. The van der Waals surface area contributed by atoms with Gasteiger partial charge in [0.1, 0.15) is 9.84 Å².